The van der Waals surface area contributed by atoms with Crippen molar-refractivity contribution in [2.75, 3.05) is 0 Å². The van der Waals surface area contributed by atoms with Gasteiger partial charge in [-0.2, -0.15) is 0 Å². The lowest BCUT2D eigenvalue weighted by Gasteiger charge is -2.31. The fourth-order valence-electron chi connectivity index (χ4n) is 3.13. The van der Waals surface area contributed by atoms with Crippen LogP contribution in [0.2, 0.25) is 0 Å². The fourth-order valence-corrected chi connectivity index (χ4v) is 3.13. The standard InChI is InChI=1S/C21H22B2N2/c1-20(2,22)16-11-8-12-17(21(3,4)23)18(16)25-14-13-24-19(25)15-9-6-5-7-10-15/h5-14H,1-4H3. The predicted octanol–water partition coefficient (Wildman–Crippen LogP) is 4.35. The molecule has 0 saturated carbocycles. The molecule has 0 amide bonds. The minimum absolute atomic E-state index is 0.505. The van der Waals surface area contributed by atoms with E-state index in [1.165, 1.54) is 0 Å². The zero-order valence-corrected chi connectivity index (χ0v) is 15.3. The van der Waals surface area contributed by atoms with E-state index >= 15 is 0 Å². The van der Waals surface area contributed by atoms with Gasteiger partial charge in [0, 0.05) is 18.0 Å². The number of benzene rings is 2. The first-order chi connectivity index (χ1) is 11.7. The van der Waals surface area contributed by atoms with E-state index < -0.39 is 10.6 Å². The van der Waals surface area contributed by atoms with Crippen LogP contribution < -0.4 is 0 Å². The summed E-state index contributed by atoms with van der Waals surface area (Å²) in [5, 5.41) is -1.01. The molecule has 0 fully saturated rings. The molecule has 0 spiro atoms. The van der Waals surface area contributed by atoms with Crippen molar-refractivity contribution < 1.29 is 0 Å². The lowest BCUT2D eigenvalue weighted by atomic mass is 9.62. The van der Waals surface area contributed by atoms with Gasteiger partial charge in [0.15, 0.2) is 0 Å². The van der Waals surface area contributed by atoms with Crippen LogP contribution in [0.1, 0.15) is 38.8 Å². The van der Waals surface area contributed by atoms with Gasteiger partial charge in [-0.15, -0.1) is 0 Å². The van der Waals surface area contributed by atoms with Crippen LogP contribution in [0.15, 0.2) is 60.9 Å². The van der Waals surface area contributed by atoms with Gasteiger partial charge < -0.3 is 0 Å². The summed E-state index contributed by atoms with van der Waals surface area (Å²) < 4.78 is 2.10. The van der Waals surface area contributed by atoms with Gasteiger partial charge in [0.05, 0.1) is 21.4 Å². The molecule has 2 nitrogen and oxygen atoms in total. The van der Waals surface area contributed by atoms with Crippen molar-refractivity contribution in [2.24, 2.45) is 0 Å². The Kier molecular flexibility index (Phi) is 4.40. The highest BCUT2D eigenvalue weighted by Crippen LogP contribution is 2.36. The summed E-state index contributed by atoms with van der Waals surface area (Å²) in [5.41, 5.74) is 4.15. The summed E-state index contributed by atoms with van der Waals surface area (Å²) in [6.07, 6.45) is 3.79. The summed E-state index contributed by atoms with van der Waals surface area (Å²) in [6.45, 7) is 8.05. The quantitative estimate of drug-likeness (QED) is 0.653. The van der Waals surface area contributed by atoms with E-state index in [9.17, 15) is 0 Å². The maximum atomic E-state index is 6.49. The van der Waals surface area contributed by atoms with Crippen LogP contribution in [0, 0.1) is 0 Å². The van der Waals surface area contributed by atoms with Gasteiger partial charge in [-0.05, 0) is 21.8 Å². The van der Waals surface area contributed by atoms with Gasteiger partial charge in [0.2, 0.25) is 0 Å². The summed E-state index contributed by atoms with van der Waals surface area (Å²) in [6, 6.07) is 16.3. The first-order valence-electron chi connectivity index (χ1n) is 8.50. The van der Waals surface area contributed by atoms with Gasteiger partial charge in [0.25, 0.3) is 0 Å². The summed E-state index contributed by atoms with van der Waals surface area (Å²) in [5.74, 6) is 0.878. The largest absolute Gasteiger partial charge is 0.299 e. The Labute approximate surface area is 153 Å². The number of aromatic nitrogens is 2. The van der Waals surface area contributed by atoms with Crippen LogP contribution in [-0.2, 0) is 10.6 Å². The van der Waals surface area contributed by atoms with Crippen LogP contribution in [0.25, 0.3) is 17.1 Å². The second-order valence-electron chi connectivity index (χ2n) is 7.63. The minimum atomic E-state index is -0.505. The van der Waals surface area contributed by atoms with E-state index in [4.69, 9.17) is 15.7 Å². The fraction of sp³-hybridized carbons (Fsp3) is 0.286. The number of hydrogen-bond acceptors (Lipinski definition) is 1. The average Bonchev–Trinajstić information content (AvgIpc) is 3.02. The van der Waals surface area contributed by atoms with Gasteiger partial charge in [0.1, 0.15) is 5.82 Å². The molecule has 0 aliphatic heterocycles. The van der Waals surface area contributed by atoms with E-state index in [2.05, 4.69) is 33.8 Å². The molecule has 0 saturated heterocycles. The third-order valence-corrected chi connectivity index (χ3v) is 4.34. The number of nitrogens with zero attached hydrogens (tertiary/aromatic N) is 2. The van der Waals surface area contributed by atoms with Crippen LogP contribution in [-0.4, -0.2) is 25.2 Å². The highest BCUT2D eigenvalue weighted by atomic mass is 15.1. The summed E-state index contributed by atoms with van der Waals surface area (Å²) in [7, 11) is 13.0. The average molecular weight is 324 g/mol. The number of rotatable bonds is 4. The Hall–Kier alpha value is -2.22. The number of imidazole rings is 1. The van der Waals surface area contributed by atoms with Crippen LogP contribution in [0.3, 0.4) is 0 Å². The molecule has 0 bridgehead atoms. The smallest absolute Gasteiger partial charge is 0.144 e. The van der Waals surface area contributed by atoms with Crippen molar-refractivity contribution in [3.05, 3.63) is 72.1 Å². The highest BCUT2D eigenvalue weighted by Gasteiger charge is 2.26. The SMILES string of the molecule is [B]C(C)(C)c1cccc(C([B])(C)C)c1-n1ccnc1-c1ccccc1. The molecule has 25 heavy (non-hydrogen) atoms. The monoisotopic (exact) mass is 324 g/mol. The van der Waals surface area contributed by atoms with Crippen LogP contribution >= 0.6 is 0 Å². The van der Waals surface area contributed by atoms with Gasteiger partial charge in [-0.1, -0.05) is 76.2 Å². The molecule has 4 radical (unpaired) electrons. The molecule has 3 aromatic rings. The first-order valence-corrected chi connectivity index (χ1v) is 8.50. The third kappa shape index (κ3) is 3.44. The molecule has 0 atom stereocenters. The molecule has 122 valence electrons. The lowest BCUT2D eigenvalue weighted by molar-refractivity contribution is 0.719. The molecule has 1 aromatic heterocycles. The van der Waals surface area contributed by atoms with Gasteiger partial charge in [-0.25, -0.2) is 4.98 Å². The Morgan fingerprint density at radius 1 is 0.800 bits per heavy atom. The molecule has 0 aliphatic rings. The second kappa shape index (κ2) is 6.25. The molecular weight excluding hydrogens is 302 g/mol. The van der Waals surface area contributed by atoms with Crippen molar-refractivity contribution in [3.63, 3.8) is 0 Å². The lowest BCUT2D eigenvalue weighted by Crippen LogP contribution is -2.25. The Morgan fingerprint density at radius 3 is 1.88 bits per heavy atom. The van der Waals surface area contributed by atoms with E-state index in [1.807, 2.05) is 64.4 Å². The van der Waals surface area contributed by atoms with E-state index in [0.29, 0.717) is 0 Å². The van der Waals surface area contributed by atoms with Crippen molar-refractivity contribution in [1.82, 2.24) is 9.55 Å². The highest BCUT2D eigenvalue weighted by molar-refractivity contribution is 6.17. The van der Waals surface area contributed by atoms with E-state index in [-0.39, 0.29) is 0 Å². The molecule has 0 N–H and O–H groups in total. The Morgan fingerprint density at radius 2 is 1.36 bits per heavy atom. The number of hydrogen-bond donors (Lipinski definition) is 0. The summed E-state index contributed by atoms with van der Waals surface area (Å²) in [4.78, 5) is 4.59. The molecule has 1 heterocycles. The zero-order valence-electron chi connectivity index (χ0n) is 15.3. The van der Waals surface area contributed by atoms with Gasteiger partial charge >= 0.3 is 0 Å². The van der Waals surface area contributed by atoms with Crippen LogP contribution in [0.4, 0.5) is 0 Å². The van der Waals surface area contributed by atoms with Crippen molar-refractivity contribution in [1.29, 1.82) is 0 Å². The normalized spacial score (nSPS) is 12.3. The van der Waals surface area contributed by atoms with E-state index in [1.54, 1.807) is 0 Å². The third-order valence-electron chi connectivity index (χ3n) is 4.34. The summed E-state index contributed by atoms with van der Waals surface area (Å²) >= 11 is 0. The Bertz CT molecular complexity index is 837. The van der Waals surface area contributed by atoms with E-state index in [0.717, 1.165) is 28.2 Å². The zero-order chi connectivity index (χ0) is 18.2. The number of para-hydroxylation sites is 1. The van der Waals surface area contributed by atoms with Crippen molar-refractivity contribution in [2.45, 2.75) is 38.3 Å². The minimum Gasteiger partial charge on any atom is -0.299 e. The van der Waals surface area contributed by atoms with Crippen molar-refractivity contribution >= 4 is 15.7 Å². The first kappa shape index (κ1) is 17.6. The van der Waals surface area contributed by atoms with Crippen molar-refractivity contribution in [3.8, 4) is 17.1 Å². The van der Waals surface area contributed by atoms with Gasteiger partial charge in [-0.3, -0.25) is 4.57 Å². The molecule has 0 unspecified atom stereocenters. The second-order valence-corrected chi connectivity index (χ2v) is 7.63. The molecule has 4 heteroatoms. The topological polar surface area (TPSA) is 17.8 Å². The maximum Gasteiger partial charge on any atom is 0.144 e. The van der Waals surface area contributed by atoms with Crippen LogP contribution in [0.5, 0.6) is 0 Å². The molecule has 0 aliphatic carbocycles. The predicted molar refractivity (Wildman–Crippen MR) is 107 cm³/mol. The molecule has 3 rings (SSSR count). The Balaban J connectivity index is 2.33. The molecule has 2 aromatic carbocycles. The maximum absolute atomic E-state index is 6.49. The molecular formula is C21H22B2N2.